The van der Waals surface area contributed by atoms with E-state index in [1.807, 2.05) is 37.3 Å². The van der Waals surface area contributed by atoms with Gasteiger partial charge < -0.3 is 19.9 Å². The molecule has 1 heterocycles. The van der Waals surface area contributed by atoms with Crippen molar-refractivity contribution in [2.45, 2.75) is 27.3 Å². The molecule has 0 fully saturated rings. The van der Waals surface area contributed by atoms with Gasteiger partial charge in [0.1, 0.15) is 5.75 Å². The number of rotatable bonds is 6. The Bertz CT molecular complexity index is 922. The van der Waals surface area contributed by atoms with Crippen LogP contribution in [0.15, 0.2) is 47.0 Å². The lowest BCUT2D eigenvalue weighted by Crippen LogP contribution is -2.28. The minimum Gasteiger partial charge on any atom is -0.494 e. The Morgan fingerprint density at radius 1 is 1.11 bits per heavy atom. The van der Waals surface area contributed by atoms with E-state index >= 15 is 0 Å². The molecule has 3 aromatic rings. The smallest absolute Gasteiger partial charge is 0.246 e. The van der Waals surface area contributed by atoms with Crippen LogP contribution in [0.4, 0.5) is 5.69 Å². The molecular formula is C20H22N4O2S. The van der Waals surface area contributed by atoms with Gasteiger partial charge in [-0.15, -0.1) is 0 Å². The van der Waals surface area contributed by atoms with Gasteiger partial charge in [-0.1, -0.05) is 11.2 Å². The van der Waals surface area contributed by atoms with Crippen LogP contribution in [0.3, 0.4) is 0 Å². The Labute approximate surface area is 163 Å². The second kappa shape index (κ2) is 8.64. The van der Waals surface area contributed by atoms with Crippen LogP contribution >= 0.6 is 12.2 Å². The molecule has 0 unspecified atom stereocenters. The van der Waals surface area contributed by atoms with E-state index in [4.69, 9.17) is 21.5 Å². The highest BCUT2D eigenvalue weighted by molar-refractivity contribution is 7.80. The van der Waals surface area contributed by atoms with Gasteiger partial charge in [-0.3, -0.25) is 0 Å². The van der Waals surface area contributed by atoms with Crippen LogP contribution in [0.2, 0.25) is 0 Å². The van der Waals surface area contributed by atoms with E-state index in [0.29, 0.717) is 30.0 Å². The maximum atomic E-state index is 5.43. The van der Waals surface area contributed by atoms with Gasteiger partial charge in [-0.2, -0.15) is 4.98 Å². The zero-order valence-corrected chi connectivity index (χ0v) is 16.4. The van der Waals surface area contributed by atoms with Crippen molar-refractivity contribution in [2.24, 2.45) is 0 Å². The summed E-state index contributed by atoms with van der Waals surface area (Å²) in [7, 11) is 0. The van der Waals surface area contributed by atoms with E-state index in [1.165, 1.54) is 11.1 Å². The van der Waals surface area contributed by atoms with Crippen LogP contribution < -0.4 is 15.4 Å². The van der Waals surface area contributed by atoms with Gasteiger partial charge in [-0.25, -0.2) is 0 Å². The molecular weight excluding hydrogens is 360 g/mol. The molecule has 0 spiro atoms. The summed E-state index contributed by atoms with van der Waals surface area (Å²) in [6.07, 6.45) is 0. The van der Waals surface area contributed by atoms with E-state index in [-0.39, 0.29) is 0 Å². The van der Waals surface area contributed by atoms with Crippen molar-refractivity contribution in [3.63, 3.8) is 0 Å². The van der Waals surface area contributed by atoms with E-state index < -0.39 is 0 Å². The molecule has 0 amide bonds. The molecule has 140 valence electrons. The average Bonchev–Trinajstić information content (AvgIpc) is 3.13. The number of ether oxygens (including phenoxy) is 1. The topological polar surface area (TPSA) is 72.2 Å². The van der Waals surface area contributed by atoms with Gasteiger partial charge in [0.15, 0.2) is 5.11 Å². The Hall–Kier alpha value is -2.93. The number of benzene rings is 2. The summed E-state index contributed by atoms with van der Waals surface area (Å²) < 4.78 is 10.7. The predicted octanol–water partition coefficient (Wildman–Crippen LogP) is 4.24. The highest BCUT2D eigenvalue weighted by Crippen LogP contribution is 2.20. The molecule has 2 aromatic carbocycles. The van der Waals surface area contributed by atoms with Gasteiger partial charge in [0.25, 0.3) is 0 Å². The quantitative estimate of drug-likeness (QED) is 0.618. The second-order valence-corrected chi connectivity index (χ2v) is 6.48. The number of hydrogen-bond donors (Lipinski definition) is 2. The molecule has 0 bridgehead atoms. The first-order valence-corrected chi connectivity index (χ1v) is 9.14. The minimum atomic E-state index is 0.348. The first kappa shape index (κ1) is 18.8. The first-order valence-electron chi connectivity index (χ1n) is 8.73. The number of nitrogens with one attached hydrogen (secondary N) is 2. The lowest BCUT2D eigenvalue weighted by molar-refractivity contribution is 0.340. The first-order chi connectivity index (χ1) is 13.0. The minimum absolute atomic E-state index is 0.348. The number of thiocarbonyl (C=S) groups is 1. The van der Waals surface area contributed by atoms with Crippen molar-refractivity contribution in [3.05, 3.63) is 59.5 Å². The summed E-state index contributed by atoms with van der Waals surface area (Å²) in [5.41, 5.74) is 4.26. The van der Waals surface area contributed by atoms with Crippen molar-refractivity contribution < 1.29 is 9.26 Å². The zero-order chi connectivity index (χ0) is 19.2. The van der Waals surface area contributed by atoms with Crippen LogP contribution in [0.1, 0.15) is 23.9 Å². The number of aryl methyl sites for hydroxylation is 2. The normalized spacial score (nSPS) is 10.5. The number of nitrogens with zero attached hydrogens (tertiary/aromatic N) is 2. The SMILES string of the molecule is CCOc1ccc(-c2noc(CNC(=S)Nc3ccc(C)c(C)c3)n2)cc1. The zero-order valence-electron chi connectivity index (χ0n) is 15.6. The Balaban J connectivity index is 1.55. The fourth-order valence-corrected chi connectivity index (χ4v) is 2.65. The van der Waals surface area contributed by atoms with Crippen molar-refractivity contribution in [2.75, 3.05) is 11.9 Å². The maximum Gasteiger partial charge on any atom is 0.246 e. The number of anilines is 1. The molecule has 27 heavy (non-hydrogen) atoms. The van der Waals surface area contributed by atoms with Gasteiger partial charge in [0.2, 0.25) is 11.7 Å². The fourth-order valence-electron chi connectivity index (χ4n) is 2.46. The van der Waals surface area contributed by atoms with E-state index in [1.54, 1.807) is 0 Å². The standard InChI is InChI=1S/C20H22N4O2S/c1-4-25-17-9-6-15(7-10-17)19-23-18(26-24-19)12-21-20(27)22-16-8-5-13(2)14(3)11-16/h5-11H,4,12H2,1-3H3,(H2,21,22,27). The van der Waals surface area contributed by atoms with E-state index in [0.717, 1.165) is 17.0 Å². The van der Waals surface area contributed by atoms with Crippen molar-refractivity contribution in [3.8, 4) is 17.1 Å². The van der Waals surface area contributed by atoms with E-state index in [9.17, 15) is 0 Å². The van der Waals surface area contributed by atoms with Gasteiger partial charge in [0.05, 0.1) is 13.2 Å². The third-order valence-electron chi connectivity index (χ3n) is 4.06. The molecule has 2 N–H and O–H groups in total. The van der Waals surface area contributed by atoms with Crippen LogP contribution in [-0.2, 0) is 6.54 Å². The van der Waals surface area contributed by atoms with Crippen LogP contribution in [0.5, 0.6) is 5.75 Å². The van der Waals surface area contributed by atoms with E-state index in [2.05, 4.69) is 46.8 Å². The fraction of sp³-hybridized carbons (Fsp3) is 0.250. The maximum absolute atomic E-state index is 5.43. The second-order valence-electron chi connectivity index (χ2n) is 6.08. The summed E-state index contributed by atoms with van der Waals surface area (Å²) in [5.74, 6) is 1.81. The summed E-state index contributed by atoms with van der Waals surface area (Å²) in [4.78, 5) is 4.39. The van der Waals surface area contributed by atoms with Gasteiger partial charge in [0, 0.05) is 11.3 Å². The Morgan fingerprint density at radius 3 is 2.59 bits per heavy atom. The summed E-state index contributed by atoms with van der Waals surface area (Å²) >= 11 is 5.32. The molecule has 0 atom stereocenters. The third-order valence-corrected chi connectivity index (χ3v) is 4.30. The monoisotopic (exact) mass is 382 g/mol. The van der Waals surface area contributed by atoms with Crippen LogP contribution in [0.25, 0.3) is 11.4 Å². The molecule has 0 saturated carbocycles. The molecule has 0 saturated heterocycles. The predicted molar refractivity (Wildman–Crippen MR) is 110 cm³/mol. The lowest BCUT2D eigenvalue weighted by Gasteiger charge is -2.10. The molecule has 1 aromatic heterocycles. The van der Waals surface area contributed by atoms with Crippen molar-refractivity contribution >= 4 is 23.0 Å². The largest absolute Gasteiger partial charge is 0.494 e. The molecule has 0 aliphatic rings. The van der Waals surface area contributed by atoms with Crippen LogP contribution in [-0.4, -0.2) is 21.9 Å². The number of hydrogen-bond acceptors (Lipinski definition) is 5. The molecule has 0 radical (unpaired) electrons. The highest BCUT2D eigenvalue weighted by Gasteiger charge is 2.09. The van der Waals surface area contributed by atoms with Gasteiger partial charge in [-0.05, 0) is 80.5 Å². The third kappa shape index (κ3) is 5.04. The summed E-state index contributed by atoms with van der Waals surface area (Å²) in [5, 5.41) is 10.7. The molecule has 7 heteroatoms. The lowest BCUT2D eigenvalue weighted by atomic mass is 10.1. The summed E-state index contributed by atoms with van der Waals surface area (Å²) in [6, 6.07) is 13.7. The van der Waals surface area contributed by atoms with Crippen molar-refractivity contribution in [1.29, 1.82) is 0 Å². The molecule has 0 aliphatic heterocycles. The Kier molecular flexibility index (Phi) is 6.03. The van der Waals surface area contributed by atoms with Crippen molar-refractivity contribution in [1.82, 2.24) is 15.5 Å². The van der Waals surface area contributed by atoms with Crippen LogP contribution in [0, 0.1) is 13.8 Å². The molecule has 6 nitrogen and oxygen atoms in total. The molecule has 0 aliphatic carbocycles. The highest BCUT2D eigenvalue weighted by atomic mass is 32.1. The molecule has 3 rings (SSSR count). The Morgan fingerprint density at radius 2 is 1.89 bits per heavy atom. The van der Waals surface area contributed by atoms with Gasteiger partial charge >= 0.3 is 0 Å². The number of aromatic nitrogens is 2. The average molecular weight is 382 g/mol. The summed E-state index contributed by atoms with van der Waals surface area (Å²) in [6.45, 7) is 7.07.